The number of ether oxygens (including phenoxy) is 2. The normalized spacial score (nSPS) is 10.5. The molecular formula is C12H10BrF3O4. The largest absolute Gasteiger partial charge is 0.466 e. The monoisotopic (exact) mass is 354 g/mol. The minimum Gasteiger partial charge on any atom is -0.466 e. The second kappa shape index (κ2) is 7.28. The Morgan fingerprint density at radius 1 is 1.35 bits per heavy atom. The molecule has 8 heteroatoms. The van der Waals surface area contributed by atoms with Crippen molar-refractivity contribution in [2.45, 2.75) is 20.0 Å². The van der Waals surface area contributed by atoms with E-state index in [4.69, 9.17) is 0 Å². The maximum atomic E-state index is 13.9. The van der Waals surface area contributed by atoms with Gasteiger partial charge < -0.3 is 9.47 Å². The Morgan fingerprint density at radius 3 is 2.55 bits per heavy atom. The van der Waals surface area contributed by atoms with Gasteiger partial charge in [0.2, 0.25) is 0 Å². The van der Waals surface area contributed by atoms with Crippen LogP contribution in [0.3, 0.4) is 0 Å². The highest BCUT2D eigenvalue weighted by molar-refractivity contribution is 9.10. The van der Waals surface area contributed by atoms with Crippen molar-refractivity contribution in [2.24, 2.45) is 0 Å². The molecule has 1 aromatic carbocycles. The van der Waals surface area contributed by atoms with Gasteiger partial charge in [0.1, 0.15) is 6.42 Å². The van der Waals surface area contributed by atoms with E-state index < -0.39 is 41.9 Å². The van der Waals surface area contributed by atoms with E-state index in [0.29, 0.717) is 0 Å². The third kappa shape index (κ3) is 4.22. The van der Waals surface area contributed by atoms with Gasteiger partial charge in [-0.05, 0) is 35.0 Å². The number of ketones is 1. The van der Waals surface area contributed by atoms with Gasteiger partial charge in [0, 0.05) is 0 Å². The number of esters is 1. The van der Waals surface area contributed by atoms with Crippen molar-refractivity contribution in [3.05, 3.63) is 28.0 Å². The number of carbonyl (C=O) groups excluding carboxylic acids is 2. The van der Waals surface area contributed by atoms with Crippen LogP contribution >= 0.6 is 15.9 Å². The molecular weight excluding hydrogens is 345 g/mol. The Hall–Kier alpha value is -1.57. The fourth-order valence-corrected chi connectivity index (χ4v) is 1.78. The molecule has 1 rings (SSSR count). The molecule has 0 aromatic heterocycles. The van der Waals surface area contributed by atoms with E-state index in [1.807, 2.05) is 0 Å². The van der Waals surface area contributed by atoms with Crippen LogP contribution in [0.1, 0.15) is 23.7 Å². The van der Waals surface area contributed by atoms with Gasteiger partial charge in [-0.3, -0.25) is 9.59 Å². The van der Waals surface area contributed by atoms with Crippen molar-refractivity contribution in [3.8, 4) is 5.75 Å². The smallest absolute Gasteiger partial charge is 0.387 e. The Kier molecular flexibility index (Phi) is 6.00. The van der Waals surface area contributed by atoms with E-state index in [0.717, 1.165) is 6.07 Å². The van der Waals surface area contributed by atoms with Crippen LogP contribution in [0.5, 0.6) is 5.75 Å². The summed E-state index contributed by atoms with van der Waals surface area (Å²) in [6.07, 6.45) is -0.680. The number of hydrogen-bond acceptors (Lipinski definition) is 4. The maximum Gasteiger partial charge on any atom is 0.387 e. The van der Waals surface area contributed by atoms with Crippen LogP contribution in [0.2, 0.25) is 0 Å². The lowest BCUT2D eigenvalue weighted by atomic mass is 10.1. The molecule has 0 aliphatic carbocycles. The Morgan fingerprint density at radius 2 is 2.00 bits per heavy atom. The van der Waals surface area contributed by atoms with Gasteiger partial charge in [-0.25, -0.2) is 4.39 Å². The quantitative estimate of drug-likeness (QED) is 0.446. The van der Waals surface area contributed by atoms with Gasteiger partial charge in [0.05, 0.1) is 16.6 Å². The van der Waals surface area contributed by atoms with Gasteiger partial charge in [-0.2, -0.15) is 8.78 Å². The number of Topliss-reactive ketones (excluding diaryl/α,β-unsaturated/α-hetero) is 1. The number of benzene rings is 1. The van der Waals surface area contributed by atoms with Crippen LogP contribution in [-0.4, -0.2) is 25.0 Å². The standard InChI is InChI=1S/C12H10BrF3O4/c1-2-19-9(18)5-8(17)6-3-4-7(13)11(10(6)14)20-12(15)16/h3-4,12H,2,5H2,1H3. The van der Waals surface area contributed by atoms with Crippen molar-refractivity contribution in [2.75, 3.05) is 6.61 Å². The van der Waals surface area contributed by atoms with E-state index >= 15 is 0 Å². The van der Waals surface area contributed by atoms with E-state index in [1.54, 1.807) is 6.92 Å². The average Bonchev–Trinajstić information content (AvgIpc) is 2.34. The molecule has 0 saturated carbocycles. The minimum atomic E-state index is -3.24. The second-order valence-corrected chi connectivity index (χ2v) is 4.38. The van der Waals surface area contributed by atoms with E-state index in [-0.39, 0.29) is 11.1 Å². The van der Waals surface area contributed by atoms with Crippen LogP contribution in [0.15, 0.2) is 16.6 Å². The topological polar surface area (TPSA) is 52.6 Å². The predicted octanol–water partition coefficient (Wildman–Crippen LogP) is 3.33. The predicted molar refractivity (Wildman–Crippen MR) is 66.3 cm³/mol. The molecule has 0 bridgehead atoms. The maximum absolute atomic E-state index is 13.9. The van der Waals surface area contributed by atoms with E-state index in [2.05, 4.69) is 25.4 Å². The third-order valence-electron chi connectivity index (χ3n) is 2.17. The number of halogens is 4. The number of hydrogen-bond donors (Lipinski definition) is 0. The first kappa shape index (κ1) is 16.5. The Bertz CT molecular complexity index is 520. The molecule has 0 atom stereocenters. The van der Waals surface area contributed by atoms with Gasteiger partial charge in [0.15, 0.2) is 17.3 Å². The molecule has 110 valence electrons. The summed E-state index contributed by atoms with van der Waals surface area (Å²) in [6.45, 7) is -1.61. The van der Waals surface area contributed by atoms with Crippen molar-refractivity contribution in [1.29, 1.82) is 0 Å². The molecule has 1 aromatic rings. The molecule has 0 heterocycles. The van der Waals surface area contributed by atoms with Crippen LogP contribution in [0, 0.1) is 5.82 Å². The number of rotatable bonds is 6. The lowest BCUT2D eigenvalue weighted by Crippen LogP contribution is -2.14. The van der Waals surface area contributed by atoms with E-state index in [9.17, 15) is 22.8 Å². The van der Waals surface area contributed by atoms with Crippen LogP contribution in [-0.2, 0) is 9.53 Å². The summed E-state index contributed by atoms with van der Waals surface area (Å²) in [5, 5.41) is 0. The summed E-state index contributed by atoms with van der Waals surface area (Å²) in [7, 11) is 0. The molecule has 0 saturated heterocycles. The fraction of sp³-hybridized carbons (Fsp3) is 0.333. The summed E-state index contributed by atoms with van der Waals surface area (Å²) in [4.78, 5) is 22.8. The summed E-state index contributed by atoms with van der Waals surface area (Å²) in [5.41, 5.74) is -0.517. The molecule has 0 amide bonds. The molecule has 0 fully saturated rings. The first-order valence-corrected chi connectivity index (χ1v) is 6.27. The van der Waals surface area contributed by atoms with Gasteiger partial charge >= 0.3 is 12.6 Å². The number of alkyl halides is 2. The Labute approximate surface area is 121 Å². The van der Waals surface area contributed by atoms with Gasteiger partial charge in [0.25, 0.3) is 0 Å². The highest BCUT2D eigenvalue weighted by Crippen LogP contribution is 2.32. The lowest BCUT2D eigenvalue weighted by molar-refractivity contribution is -0.141. The highest BCUT2D eigenvalue weighted by Gasteiger charge is 2.22. The zero-order chi connectivity index (χ0) is 15.3. The lowest BCUT2D eigenvalue weighted by Gasteiger charge is -2.10. The zero-order valence-corrected chi connectivity index (χ0v) is 11.9. The summed E-state index contributed by atoms with van der Waals surface area (Å²) in [5.74, 6) is -3.74. The third-order valence-corrected chi connectivity index (χ3v) is 2.79. The van der Waals surface area contributed by atoms with Crippen molar-refractivity contribution < 1.29 is 32.2 Å². The highest BCUT2D eigenvalue weighted by atomic mass is 79.9. The van der Waals surface area contributed by atoms with E-state index in [1.165, 1.54) is 6.07 Å². The average molecular weight is 355 g/mol. The fourth-order valence-electron chi connectivity index (χ4n) is 1.38. The van der Waals surface area contributed by atoms with Crippen LogP contribution in [0.4, 0.5) is 13.2 Å². The second-order valence-electron chi connectivity index (χ2n) is 3.52. The van der Waals surface area contributed by atoms with Crippen LogP contribution in [0.25, 0.3) is 0 Å². The zero-order valence-electron chi connectivity index (χ0n) is 10.3. The summed E-state index contributed by atoms with van der Waals surface area (Å²) in [6, 6.07) is 2.25. The van der Waals surface area contributed by atoms with Crippen LogP contribution < -0.4 is 4.74 Å². The molecule has 20 heavy (non-hydrogen) atoms. The molecule has 0 radical (unpaired) electrons. The Balaban J connectivity index is 3.01. The van der Waals surface area contributed by atoms with Gasteiger partial charge in [-0.1, -0.05) is 0 Å². The number of carbonyl (C=O) groups is 2. The molecule has 0 aliphatic heterocycles. The summed E-state index contributed by atoms with van der Waals surface area (Å²) >= 11 is 2.83. The first-order chi connectivity index (χ1) is 9.36. The first-order valence-electron chi connectivity index (χ1n) is 5.48. The van der Waals surface area contributed by atoms with Crippen molar-refractivity contribution in [1.82, 2.24) is 0 Å². The minimum absolute atomic E-state index is 0.0667. The molecule has 4 nitrogen and oxygen atoms in total. The molecule has 0 aliphatic rings. The molecule has 0 spiro atoms. The van der Waals surface area contributed by atoms with Crippen molar-refractivity contribution in [3.63, 3.8) is 0 Å². The molecule has 0 N–H and O–H groups in total. The summed E-state index contributed by atoms with van der Waals surface area (Å²) < 4.78 is 46.7. The van der Waals surface area contributed by atoms with Crippen molar-refractivity contribution >= 4 is 27.7 Å². The molecule has 0 unspecified atom stereocenters. The SMILES string of the molecule is CCOC(=O)CC(=O)c1ccc(Br)c(OC(F)F)c1F. The van der Waals surface area contributed by atoms with Gasteiger partial charge in [-0.15, -0.1) is 0 Å².